The molecule has 3 rings (SSSR count). The van der Waals surface area contributed by atoms with Crippen LogP contribution in [-0.4, -0.2) is 57.9 Å². The number of hydrogen-bond donors (Lipinski definition) is 2. The van der Waals surface area contributed by atoms with E-state index in [1.54, 1.807) is 4.68 Å². The first kappa shape index (κ1) is 27.4. The highest BCUT2D eigenvalue weighted by Gasteiger charge is 2.16. The number of aryl methyl sites for hydroxylation is 2. The van der Waals surface area contributed by atoms with Gasteiger partial charge >= 0.3 is 5.69 Å². The fourth-order valence-corrected chi connectivity index (χ4v) is 3.99. The van der Waals surface area contributed by atoms with Crippen molar-refractivity contribution in [2.45, 2.75) is 71.6 Å². The van der Waals surface area contributed by atoms with E-state index in [0.717, 1.165) is 70.1 Å². The van der Waals surface area contributed by atoms with E-state index in [9.17, 15) is 4.79 Å². The molecule has 2 N–H and O–H groups in total. The van der Waals surface area contributed by atoms with Crippen molar-refractivity contribution >= 4 is 29.9 Å². The van der Waals surface area contributed by atoms with E-state index in [4.69, 9.17) is 0 Å². The van der Waals surface area contributed by atoms with E-state index < -0.39 is 0 Å². The van der Waals surface area contributed by atoms with Crippen LogP contribution in [0.25, 0.3) is 0 Å². The van der Waals surface area contributed by atoms with E-state index in [1.807, 2.05) is 4.57 Å². The zero-order valence-corrected chi connectivity index (χ0v) is 22.6. The normalized spacial score (nSPS) is 14.5. The minimum Gasteiger partial charge on any atom is -0.357 e. The molecule has 1 unspecified atom stereocenters. The van der Waals surface area contributed by atoms with Crippen molar-refractivity contribution in [3.8, 4) is 0 Å². The lowest BCUT2D eigenvalue weighted by atomic mass is 10.1. The summed E-state index contributed by atoms with van der Waals surface area (Å²) >= 11 is 0. The number of guanidine groups is 1. The van der Waals surface area contributed by atoms with Crippen LogP contribution in [0.2, 0.25) is 0 Å². The largest absolute Gasteiger partial charge is 0.357 e. The third-order valence-corrected chi connectivity index (χ3v) is 6.06. The van der Waals surface area contributed by atoms with Gasteiger partial charge in [-0.1, -0.05) is 30.3 Å². The lowest BCUT2D eigenvalue weighted by Gasteiger charge is -2.25. The highest BCUT2D eigenvalue weighted by molar-refractivity contribution is 14.0. The van der Waals surface area contributed by atoms with Crippen LogP contribution in [0.15, 0.2) is 40.1 Å². The molecule has 1 atom stereocenters. The quantitative estimate of drug-likeness (QED) is 0.188. The second-order valence-corrected chi connectivity index (χ2v) is 8.61. The fraction of sp³-hybridized carbons (Fsp3) is 0.625. The summed E-state index contributed by atoms with van der Waals surface area (Å²) in [5, 5.41) is 11.3. The Morgan fingerprint density at radius 1 is 1.24 bits per heavy atom. The number of rotatable bonds is 11. The number of aromatic nitrogens is 3. The molecule has 0 saturated heterocycles. The maximum absolute atomic E-state index is 12.4. The molecule has 1 aromatic heterocycles. The number of hydrogen-bond acceptors (Lipinski definition) is 4. The molecule has 0 spiro atoms. The average molecular weight is 570 g/mol. The van der Waals surface area contributed by atoms with E-state index in [1.165, 1.54) is 5.56 Å². The SMILES string of the molecule is CCNC(=NCCCn1nc2n(c1=O)CCCC2)NCCC(C)N(C)Cc1ccccc1.I. The number of halogens is 1. The second-order valence-electron chi connectivity index (χ2n) is 8.61. The summed E-state index contributed by atoms with van der Waals surface area (Å²) in [5.74, 6) is 1.77. The third-order valence-electron chi connectivity index (χ3n) is 6.06. The first-order valence-corrected chi connectivity index (χ1v) is 12.0. The molecular formula is C24H40IN7O. The standard InChI is InChI=1S/C24H39N7O.HI/c1-4-25-23(27-16-14-20(2)29(3)19-21-11-6-5-7-12-21)26-15-10-18-31-24(32)30-17-9-8-13-22(30)28-31;/h5-7,11-12,20H,4,8-10,13-19H2,1-3H3,(H2,25,26,27);1H. The monoisotopic (exact) mass is 569 g/mol. The number of nitrogens with zero attached hydrogens (tertiary/aromatic N) is 5. The molecule has 2 heterocycles. The van der Waals surface area contributed by atoms with Gasteiger partial charge in [-0.2, -0.15) is 5.10 Å². The summed E-state index contributed by atoms with van der Waals surface area (Å²) in [6.45, 7) is 9.05. The Labute approximate surface area is 214 Å². The lowest BCUT2D eigenvalue weighted by Crippen LogP contribution is -2.40. The van der Waals surface area contributed by atoms with Crippen molar-refractivity contribution in [2.75, 3.05) is 26.7 Å². The van der Waals surface area contributed by atoms with Gasteiger partial charge in [0.2, 0.25) is 0 Å². The molecule has 8 nitrogen and oxygen atoms in total. The second kappa shape index (κ2) is 14.4. The van der Waals surface area contributed by atoms with Crippen molar-refractivity contribution in [1.29, 1.82) is 0 Å². The van der Waals surface area contributed by atoms with Crippen molar-refractivity contribution in [3.05, 3.63) is 52.2 Å². The molecule has 184 valence electrons. The number of benzene rings is 1. The van der Waals surface area contributed by atoms with Gasteiger partial charge in [0.05, 0.1) is 0 Å². The first-order valence-electron chi connectivity index (χ1n) is 12.0. The smallest absolute Gasteiger partial charge is 0.345 e. The van der Waals surface area contributed by atoms with Gasteiger partial charge in [-0.05, 0) is 52.1 Å². The van der Waals surface area contributed by atoms with Gasteiger partial charge in [0.1, 0.15) is 5.82 Å². The van der Waals surface area contributed by atoms with Gasteiger partial charge in [-0.3, -0.25) is 14.5 Å². The van der Waals surface area contributed by atoms with Crippen molar-refractivity contribution in [2.24, 2.45) is 4.99 Å². The van der Waals surface area contributed by atoms with Crippen molar-refractivity contribution < 1.29 is 0 Å². The highest BCUT2D eigenvalue weighted by Crippen LogP contribution is 2.09. The van der Waals surface area contributed by atoms with Crippen LogP contribution >= 0.6 is 24.0 Å². The summed E-state index contributed by atoms with van der Waals surface area (Å²) in [4.78, 5) is 19.5. The minimum absolute atomic E-state index is 0. The average Bonchev–Trinajstić information content (AvgIpc) is 3.12. The number of fused-ring (bicyclic) bond motifs is 1. The molecule has 0 fully saturated rings. The fourth-order valence-electron chi connectivity index (χ4n) is 3.99. The highest BCUT2D eigenvalue weighted by atomic mass is 127. The predicted octanol–water partition coefficient (Wildman–Crippen LogP) is 2.85. The topological polar surface area (TPSA) is 79.5 Å². The Balaban J connectivity index is 0.00000385. The van der Waals surface area contributed by atoms with Gasteiger partial charge in [-0.25, -0.2) is 9.48 Å². The molecule has 0 radical (unpaired) electrons. The molecule has 0 saturated carbocycles. The molecule has 2 aromatic rings. The van der Waals surface area contributed by atoms with Crippen LogP contribution in [0.5, 0.6) is 0 Å². The van der Waals surface area contributed by atoms with Gasteiger partial charge in [0.25, 0.3) is 0 Å². The minimum atomic E-state index is 0. The zero-order chi connectivity index (χ0) is 22.8. The molecule has 0 bridgehead atoms. The Bertz CT molecular complexity index is 909. The van der Waals surface area contributed by atoms with Crippen LogP contribution in [-0.2, 0) is 26.1 Å². The van der Waals surface area contributed by atoms with Gasteiger partial charge in [0.15, 0.2) is 5.96 Å². The molecule has 1 aromatic carbocycles. The van der Waals surface area contributed by atoms with E-state index in [0.29, 0.717) is 19.1 Å². The summed E-state index contributed by atoms with van der Waals surface area (Å²) in [6, 6.07) is 11.0. The van der Waals surface area contributed by atoms with E-state index in [2.05, 4.69) is 76.9 Å². The third kappa shape index (κ3) is 8.44. The van der Waals surface area contributed by atoms with Crippen molar-refractivity contribution in [1.82, 2.24) is 29.9 Å². The van der Waals surface area contributed by atoms with Crippen LogP contribution in [0, 0.1) is 0 Å². The molecule has 9 heteroatoms. The van der Waals surface area contributed by atoms with Crippen LogP contribution in [0.3, 0.4) is 0 Å². The zero-order valence-electron chi connectivity index (χ0n) is 20.3. The van der Waals surface area contributed by atoms with Crippen LogP contribution < -0.4 is 16.3 Å². The summed E-state index contributed by atoms with van der Waals surface area (Å²) in [6.07, 6.45) is 4.93. The summed E-state index contributed by atoms with van der Waals surface area (Å²) in [7, 11) is 2.17. The Morgan fingerprint density at radius 2 is 2.03 bits per heavy atom. The Morgan fingerprint density at radius 3 is 2.76 bits per heavy atom. The Hall–Kier alpha value is -1.88. The van der Waals surface area contributed by atoms with Crippen LogP contribution in [0.1, 0.15) is 50.9 Å². The molecule has 0 amide bonds. The van der Waals surface area contributed by atoms with Gasteiger partial charge in [0, 0.05) is 51.7 Å². The molecule has 33 heavy (non-hydrogen) atoms. The molecule has 0 aliphatic carbocycles. The summed E-state index contributed by atoms with van der Waals surface area (Å²) < 4.78 is 3.44. The van der Waals surface area contributed by atoms with Gasteiger partial charge in [-0.15, -0.1) is 24.0 Å². The van der Waals surface area contributed by atoms with Crippen LogP contribution in [0.4, 0.5) is 0 Å². The first-order chi connectivity index (χ1) is 15.6. The van der Waals surface area contributed by atoms with Crippen molar-refractivity contribution in [3.63, 3.8) is 0 Å². The van der Waals surface area contributed by atoms with E-state index in [-0.39, 0.29) is 29.7 Å². The molecular weight excluding hydrogens is 529 g/mol. The summed E-state index contributed by atoms with van der Waals surface area (Å²) in [5.41, 5.74) is 1.37. The Kier molecular flexibility index (Phi) is 11.9. The maximum Gasteiger partial charge on any atom is 0.345 e. The molecule has 1 aliphatic heterocycles. The van der Waals surface area contributed by atoms with E-state index >= 15 is 0 Å². The number of nitrogens with one attached hydrogen (secondary N) is 2. The number of aliphatic imine (C=N–C) groups is 1. The van der Waals surface area contributed by atoms with Gasteiger partial charge < -0.3 is 10.6 Å². The maximum atomic E-state index is 12.4. The molecule has 1 aliphatic rings. The predicted molar refractivity (Wildman–Crippen MR) is 145 cm³/mol. The lowest BCUT2D eigenvalue weighted by molar-refractivity contribution is 0.238.